The van der Waals surface area contributed by atoms with Crippen LogP contribution >= 0.6 is 0 Å². The molecule has 0 atom stereocenters. The van der Waals surface area contributed by atoms with E-state index in [1.54, 1.807) is 18.1 Å². The van der Waals surface area contributed by atoms with Gasteiger partial charge >= 0.3 is 6.01 Å². The van der Waals surface area contributed by atoms with Gasteiger partial charge in [-0.05, 0) is 55.8 Å². The van der Waals surface area contributed by atoms with Crippen molar-refractivity contribution in [2.45, 2.75) is 38.8 Å². The Labute approximate surface area is 189 Å². The standard InChI is InChI=1S/C24H33N5O3/c1-25-22-14-26-24(32-13-12-31-17-21-8-9-21)27-23(22)29(18-30)16-20-6-4-19(5-7-20)15-28-10-2-3-11-28/h4-7,14,18,21,25H,2-3,8-13,15-17H2,1H3. The number of rotatable bonds is 13. The summed E-state index contributed by atoms with van der Waals surface area (Å²) in [6.45, 7) is 5.44. The second-order valence-electron chi connectivity index (χ2n) is 8.54. The molecular weight excluding hydrogens is 406 g/mol. The molecule has 8 nitrogen and oxygen atoms in total. The molecule has 1 saturated heterocycles. The summed E-state index contributed by atoms with van der Waals surface area (Å²) in [5, 5.41) is 3.06. The van der Waals surface area contributed by atoms with Gasteiger partial charge in [0.05, 0.1) is 25.0 Å². The van der Waals surface area contributed by atoms with Crippen LogP contribution in [0.5, 0.6) is 6.01 Å². The van der Waals surface area contributed by atoms with Gasteiger partial charge < -0.3 is 14.8 Å². The summed E-state index contributed by atoms with van der Waals surface area (Å²) in [6.07, 6.45) is 7.54. The number of carbonyl (C=O) groups is 1. The number of amides is 1. The first kappa shape index (κ1) is 22.5. The summed E-state index contributed by atoms with van der Waals surface area (Å²) >= 11 is 0. The van der Waals surface area contributed by atoms with E-state index < -0.39 is 0 Å². The van der Waals surface area contributed by atoms with Crippen molar-refractivity contribution in [3.8, 4) is 6.01 Å². The van der Waals surface area contributed by atoms with Gasteiger partial charge in [0.1, 0.15) is 6.61 Å². The minimum absolute atomic E-state index is 0.238. The molecule has 32 heavy (non-hydrogen) atoms. The predicted molar refractivity (Wildman–Crippen MR) is 124 cm³/mol. The maximum Gasteiger partial charge on any atom is 0.318 e. The molecule has 0 unspecified atom stereocenters. The van der Waals surface area contributed by atoms with Crippen LogP contribution in [0.2, 0.25) is 0 Å². The van der Waals surface area contributed by atoms with Gasteiger partial charge in [0.25, 0.3) is 0 Å². The number of likely N-dealkylation sites (tertiary alicyclic amines) is 1. The molecule has 8 heteroatoms. The number of anilines is 2. The Morgan fingerprint density at radius 2 is 1.91 bits per heavy atom. The van der Waals surface area contributed by atoms with Crippen LogP contribution in [-0.4, -0.2) is 61.2 Å². The van der Waals surface area contributed by atoms with Crippen LogP contribution in [0.15, 0.2) is 30.5 Å². The van der Waals surface area contributed by atoms with E-state index in [2.05, 4.69) is 44.5 Å². The van der Waals surface area contributed by atoms with Gasteiger partial charge in [-0.15, -0.1) is 0 Å². The van der Waals surface area contributed by atoms with Crippen molar-refractivity contribution in [3.63, 3.8) is 0 Å². The summed E-state index contributed by atoms with van der Waals surface area (Å²) in [7, 11) is 1.78. The van der Waals surface area contributed by atoms with Crippen LogP contribution in [0.1, 0.15) is 36.8 Å². The summed E-state index contributed by atoms with van der Waals surface area (Å²) < 4.78 is 11.2. The second kappa shape index (κ2) is 11.2. The normalized spacial score (nSPS) is 16.2. The molecule has 2 aromatic rings. The molecule has 0 spiro atoms. The van der Waals surface area contributed by atoms with Gasteiger partial charge in [0.15, 0.2) is 5.82 Å². The van der Waals surface area contributed by atoms with Crippen LogP contribution in [0.3, 0.4) is 0 Å². The number of ether oxygens (including phenoxy) is 2. The smallest absolute Gasteiger partial charge is 0.318 e. The SMILES string of the molecule is CNc1cnc(OCCOCC2CC2)nc1N(C=O)Cc1ccc(CN2CCCC2)cc1. The Kier molecular flexibility index (Phi) is 7.90. The highest BCUT2D eigenvalue weighted by Crippen LogP contribution is 2.29. The van der Waals surface area contributed by atoms with Crippen molar-refractivity contribution in [1.29, 1.82) is 0 Å². The number of benzene rings is 1. The summed E-state index contributed by atoms with van der Waals surface area (Å²) in [5.41, 5.74) is 3.00. The zero-order chi connectivity index (χ0) is 22.2. The Hall–Kier alpha value is -2.71. The summed E-state index contributed by atoms with van der Waals surface area (Å²) in [4.78, 5) is 24.7. The maximum absolute atomic E-state index is 11.9. The van der Waals surface area contributed by atoms with E-state index in [1.165, 1.54) is 44.3 Å². The van der Waals surface area contributed by atoms with Gasteiger partial charge in [-0.3, -0.25) is 14.6 Å². The lowest BCUT2D eigenvalue weighted by Crippen LogP contribution is -2.23. The van der Waals surface area contributed by atoms with E-state index in [0.29, 0.717) is 31.3 Å². The highest BCUT2D eigenvalue weighted by molar-refractivity contribution is 5.80. The van der Waals surface area contributed by atoms with E-state index in [-0.39, 0.29) is 6.01 Å². The lowest BCUT2D eigenvalue weighted by Gasteiger charge is -2.20. The molecule has 4 rings (SSSR count). The first-order valence-electron chi connectivity index (χ1n) is 11.5. The summed E-state index contributed by atoms with van der Waals surface area (Å²) in [5.74, 6) is 1.22. The fourth-order valence-corrected chi connectivity index (χ4v) is 3.86. The molecule has 1 saturated carbocycles. The first-order valence-corrected chi connectivity index (χ1v) is 11.5. The Morgan fingerprint density at radius 1 is 1.16 bits per heavy atom. The zero-order valence-corrected chi connectivity index (χ0v) is 18.8. The van der Waals surface area contributed by atoms with E-state index >= 15 is 0 Å². The zero-order valence-electron chi connectivity index (χ0n) is 18.8. The molecule has 1 aromatic carbocycles. The molecule has 1 aliphatic heterocycles. The molecule has 1 amide bonds. The van der Waals surface area contributed by atoms with Crippen molar-refractivity contribution >= 4 is 17.9 Å². The number of aromatic nitrogens is 2. The third-order valence-corrected chi connectivity index (χ3v) is 5.91. The van der Waals surface area contributed by atoms with Crippen LogP contribution in [0, 0.1) is 5.92 Å². The molecule has 2 heterocycles. The number of nitrogens with one attached hydrogen (secondary N) is 1. The molecular formula is C24H33N5O3. The molecule has 2 fully saturated rings. The van der Waals surface area contributed by atoms with Gasteiger partial charge in [0, 0.05) is 20.2 Å². The van der Waals surface area contributed by atoms with Gasteiger partial charge in [-0.2, -0.15) is 4.98 Å². The van der Waals surface area contributed by atoms with Crippen LogP contribution < -0.4 is 15.0 Å². The minimum Gasteiger partial charge on any atom is -0.461 e. The first-order chi connectivity index (χ1) is 15.7. The molecule has 1 aromatic heterocycles. The van der Waals surface area contributed by atoms with Gasteiger partial charge in [-0.25, -0.2) is 4.98 Å². The van der Waals surface area contributed by atoms with Crippen LogP contribution in [0.25, 0.3) is 0 Å². The third-order valence-electron chi connectivity index (χ3n) is 5.91. The quantitative estimate of drug-likeness (QED) is 0.379. The Morgan fingerprint density at radius 3 is 2.59 bits per heavy atom. The second-order valence-corrected chi connectivity index (χ2v) is 8.54. The number of hydrogen-bond acceptors (Lipinski definition) is 7. The van der Waals surface area contributed by atoms with Crippen molar-refractivity contribution in [2.75, 3.05) is 50.2 Å². The lowest BCUT2D eigenvalue weighted by atomic mass is 10.1. The van der Waals surface area contributed by atoms with Crippen molar-refractivity contribution in [1.82, 2.24) is 14.9 Å². The number of carbonyl (C=O) groups excluding carboxylic acids is 1. The molecule has 2 aliphatic rings. The third kappa shape index (κ3) is 6.40. The largest absolute Gasteiger partial charge is 0.461 e. The number of nitrogens with zero attached hydrogens (tertiary/aromatic N) is 4. The Balaban J connectivity index is 1.36. The average molecular weight is 440 g/mol. The Bertz CT molecular complexity index is 866. The topological polar surface area (TPSA) is 79.8 Å². The van der Waals surface area contributed by atoms with Gasteiger partial charge in [-0.1, -0.05) is 24.3 Å². The van der Waals surface area contributed by atoms with Crippen LogP contribution in [-0.2, 0) is 22.6 Å². The van der Waals surface area contributed by atoms with Gasteiger partial charge in [0.2, 0.25) is 6.41 Å². The van der Waals surface area contributed by atoms with E-state index in [0.717, 1.165) is 31.0 Å². The molecule has 0 bridgehead atoms. The highest BCUT2D eigenvalue weighted by atomic mass is 16.5. The molecule has 172 valence electrons. The molecule has 0 radical (unpaired) electrons. The van der Waals surface area contributed by atoms with Crippen LogP contribution in [0.4, 0.5) is 11.5 Å². The number of hydrogen-bond donors (Lipinski definition) is 1. The fraction of sp³-hybridized carbons (Fsp3) is 0.542. The molecule has 1 aliphatic carbocycles. The van der Waals surface area contributed by atoms with E-state index in [9.17, 15) is 4.79 Å². The minimum atomic E-state index is 0.238. The van der Waals surface area contributed by atoms with Crippen molar-refractivity contribution < 1.29 is 14.3 Å². The monoisotopic (exact) mass is 439 g/mol. The van der Waals surface area contributed by atoms with E-state index in [1.807, 2.05) is 0 Å². The maximum atomic E-state index is 11.9. The molecule has 1 N–H and O–H groups in total. The average Bonchev–Trinajstić information content (AvgIpc) is 3.51. The van der Waals surface area contributed by atoms with Crippen molar-refractivity contribution in [3.05, 3.63) is 41.6 Å². The lowest BCUT2D eigenvalue weighted by molar-refractivity contribution is -0.107. The fourth-order valence-electron chi connectivity index (χ4n) is 3.86. The highest BCUT2D eigenvalue weighted by Gasteiger charge is 2.21. The van der Waals surface area contributed by atoms with E-state index in [4.69, 9.17) is 9.47 Å². The van der Waals surface area contributed by atoms with Crippen molar-refractivity contribution in [2.24, 2.45) is 5.92 Å². The predicted octanol–water partition coefficient (Wildman–Crippen LogP) is 3.08. The summed E-state index contributed by atoms with van der Waals surface area (Å²) in [6, 6.07) is 8.69.